The Morgan fingerprint density at radius 2 is 0.632 bits per heavy atom. The zero-order valence-corrected chi connectivity index (χ0v) is 30.5. The molecule has 0 saturated carbocycles. The fraction of sp³-hybridized carbons (Fsp3) is 0.122. The van der Waals surface area contributed by atoms with Crippen LogP contribution in [0.2, 0.25) is 0 Å². The lowest BCUT2D eigenvalue weighted by Crippen LogP contribution is -2.20. The van der Waals surface area contributed by atoms with Crippen LogP contribution in [0, 0.1) is 5.41 Å². The number of rotatable bonds is 8. The smallest absolute Gasteiger partial charge is 0.174 e. The van der Waals surface area contributed by atoms with E-state index in [1.165, 1.54) is 19.2 Å². The maximum absolute atomic E-state index is 12.0. The van der Waals surface area contributed by atoms with E-state index in [0.29, 0.717) is 55.3 Å². The third-order valence-electron chi connectivity index (χ3n) is 9.93. The fourth-order valence-electron chi connectivity index (χ4n) is 7.28. The third kappa shape index (κ3) is 5.69. The van der Waals surface area contributed by atoms with Crippen molar-refractivity contribution in [3.8, 4) is 45.7 Å². The molecule has 0 saturated heterocycles. The van der Waals surface area contributed by atoms with Crippen molar-refractivity contribution in [3.05, 3.63) is 120 Å². The van der Waals surface area contributed by atoms with Crippen LogP contribution in [0.4, 0.5) is 0 Å². The predicted molar refractivity (Wildman–Crippen MR) is 210 cm³/mol. The van der Waals surface area contributed by atoms with Crippen LogP contribution >= 0.6 is 0 Å². The summed E-state index contributed by atoms with van der Waals surface area (Å²) >= 11 is 0. The lowest BCUT2D eigenvalue weighted by atomic mass is 9.79. The Balaban J connectivity index is 1.11. The number of aromatic hydroxyl groups is 4. The molecule has 16 heteroatoms. The summed E-state index contributed by atoms with van der Waals surface area (Å²) in [6.45, 7) is 3.96. The number of nitrogens with zero attached hydrogens (tertiary/aromatic N) is 12. The summed E-state index contributed by atoms with van der Waals surface area (Å²) in [5.41, 5.74) is 5.23. The Bertz CT molecular complexity index is 2850. The normalized spacial score (nSPS) is 12.1. The molecule has 0 fully saturated rings. The van der Waals surface area contributed by atoms with Crippen molar-refractivity contribution in [2.75, 3.05) is 0 Å². The number of benzene rings is 6. The van der Waals surface area contributed by atoms with E-state index in [0.717, 1.165) is 0 Å². The summed E-state index contributed by atoms with van der Waals surface area (Å²) < 4.78 is 0. The van der Waals surface area contributed by atoms with Crippen LogP contribution in [0.5, 0.6) is 23.0 Å². The first-order valence-electron chi connectivity index (χ1n) is 18.1. The SMILES string of the molecule is CC(C)(Cc1cc(-n2nc3ccccc3n2)c(O)c(-n2nc3ccccc3n2)c1O)Cc1cc(-n2nc3ccccc3n2)c(O)c(-n2nc3ccccc3n2)c1O. The Morgan fingerprint density at radius 3 is 0.895 bits per heavy atom. The Hall–Kier alpha value is -7.88. The second kappa shape index (κ2) is 12.6. The molecule has 10 aromatic rings. The standard InChI is InChI=1S/C41H32N12O4/c1-41(2,21-23-19-33(50-42-25-11-3-4-12-26(25)43-50)39(56)35(37(23)54)52-46-29-15-7-8-16-30(29)47-52)22-24-20-34(51-44-27-13-5-6-14-28(27)45-51)40(57)36(38(24)55)53-48-31-17-9-10-18-32(31)49-53/h3-20,54-57H,21-22H2,1-2H3. The molecule has 16 nitrogen and oxygen atoms in total. The van der Waals surface area contributed by atoms with Gasteiger partial charge in [-0.2, -0.15) is 0 Å². The molecule has 4 aromatic heterocycles. The van der Waals surface area contributed by atoms with Gasteiger partial charge in [0.2, 0.25) is 0 Å². The van der Waals surface area contributed by atoms with Gasteiger partial charge in [-0.3, -0.25) is 0 Å². The van der Waals surface area contributed by atoms with Crippen molar-refractivity contribution in [1.82, 2.24) is 60.0 Å². The lowest BCUT2D eigenvalue weighted by molar-refractivity contribution is 0.341. The van der Waals surface area contributed by atoms with Crippen LogP contribution in [-0.2, 0) is 12.8 Å². The molecule has 0 bridgehead atoms. The molecular formula is C41H32N12O4. The van der Waals surface area contributed by atoms with E-state index >= 15 is 0 Å². The van der Waals surface area contributed by atoms with Crippen molar-refractivity contribution < 1.29 is 20.4 Å². The predicted octanol–water partition coefficient (Wildman–Crippen LogP) is 6.26. The third-order valence-corrected chi connectivity index (χ3v) is 9.93. The van der Waals surface area contributed by atoms with Crippen molar-refractivity contribution in [2.45, 2.75) is 26.7 Å². The first-order chi connectivity index (χ1) is 27.6. The highest BCUT2D eigenvalue weighted by atomic mass is 16.3. The molecule has 0 radical (unpaired) electrons. The number of hydrogen-bond donors (Lipinski definition) is 4. The lowest BCUT2D eigenvalue weighted by Gasteiger charge is -2.27. The van der Waals surface area contributed by atoms with Gasteiger partial charge in [0, 0.05) is 0 Å². The summed E-state index contributed by atoms with van der Waals surface area (Å²) in [4.78, 5) is 5.08. The number of aromatic nitrogens is 12. The van der Waals surface area contributed by atoms with Crippen LogP contribution in [0.25, 0.3) is 66.9 Å². The summed E-state index contributed by atoms with van der Waals surface area (Å²) in [6, 6.07) is 32.4. The van der Waals surface area contributed by atoms with Crippen LogP contribution in [0.1, 0.15) is 25.0 Å². The quantitative estimate of drug-likeness (QED) is 0.136. The highest BCUT2D eigenvalue weighted by molar-refractivity contribution is 5.78. The summed E-state index contributed by atoms with van der Waals surface area (Å²) in [7, 11) is 0. The highest BCUT2D eigenvalue weighted by Gasteiger charge is 2.31. The van der Waals surface area contributed by atoms with Gasteiger partial charge < -0.3 is 20.4 Å². The molecule has 0 unspecified atom stereocenters. The molecule has 57 heavy (non-hydrogen) atoms. The summed E-state index contributed by atoms with van der Waals surface area (Å²) in [5.74, 6) is -1.12. The minimum Gasteiger partial charge on any atom is -0.505 e. The van der Waals surface area contributed by atoms with Crippen molar-refractivity contribution in [1.29, 1.82) is 0 Å². The molecule has 6 aromatic carbocycles. The zero-order chi connectivity index (χ0) is 39.0. The maximum Gasteiger partial charge on any atom is 0.174 e. The van der Waals surface area contributed by atoms with Gasteiger partial charge in [0.25, 0.3) is 0 Å². The minimum absolute atomic E-state index is 0.0402. The van der Waals surface area contributed by atoms with Gasteiger partial charge in [-0.1, -0.05) is 62.4 Å². The van der Waals surface area contributed by atoms with Gasteiger partial charge in [-0.25, -0.2) is 0 Å². The molecule has 0 amide bonds. The minimum atomic E-state index is -0.707. The number of fused-ring (bicyclic) bond motifs is 4. The molecule has 0 aliphatic heterocycles. The van der Waals surface area contributed by atoms with Crippen LogP contribution in [-0.4, -0.2) is 80.4 Å². The summed E-state index contributed by atoms with van der Waals surface area (Å²) in [5, 5.41) is 84.2. The first kappa shape index (κ1) is 33.7. The number of hydrogen-bond acceptors (Lipinski definition) is 12. The van der Waals surface area contributed by atoms with Crippen LogP contribution in [0.3, 0.4) is 0 Å². The number of phenols is 4. The molecule has 4 heterocycles. The fourth-order valence-corrected chi connectivity index (χ4v) is 7.28. The molecule has 0 aliphatic rings. The van der Waals surface area contributed by atoms with Gasteiger partial charge in [0.15, 0.2) is 22.9 Å². The largest absolute Gasteiger partial charge is 0.505 e. The highest BCUT2D eigenvalue weighted by Crippen LogP contribution is 2.45. The van der Waals surface area contributed by atoms with Gasteiger partial charge in [-0.05, 0) is 90.0 Å². The van der Waals surface area contributed by atoms with E-state index in [2.05, 4.69) is 40.8 Å². The van der Waals surface area contributed by atoms with E-state index in [1.807, 2.05) is 86.6 Å². The Labute approximate surface area is 322 Å². The van der Waals surface area contributed by atoms with Gasteiger partial charge >= 0.3 is 0 Å². The second-order valence-corrected chi connectivity index (χ2v) is 14.6. The van der Waals surface area contributed by atoms with Crippen LogP contribution < -0.4 is 0 Å². The van der Waals surface area contributed by atoms with E-state index in [1.54, 1.807) is 36.4 Å². The maximum atomic E-state index is 12.0. The molecule has 280 valence electrons. The first-order valence-corrected chi connectivity index (χ1v) is 18.1. The van der Waals surface area contributed by atoms with Crippen molar-refractivity contribution in [2.24, 2.45) is 5.41 Å². The average molecular weight is 757 g/mol. The van der Waals surface area contributed by atoms with E-state index in [4.69, 9.17) is 0 Å². The van der Waals surface area contributed by atoms with Crippen LogP contribution in [0.15, 0.2) is 109 Å². The molecule has 0 atom stereocenters. The van der Waals surface area contributed by atoms with Crippen molar-refractivity contribution >= 4 is 44.1 Å². The molecule has 0 spiro atoms. The number of phenolic OH excluding ortho intramolecular Hbond substituents is 4. The van der Waals surface area contributed by atoms with Gasteiger partial charge in [-0.15, -0.1) is 60.0 Å². The summed E-state index contributed by atoms with van der Waals surface area (Å²) in [6.07, 6.45) is 0.443. The Kier molecular flexibility index (Phi) is 7.44. The van der Waals surface area contributed by atoms with E-state index in [-0.39, 0.29) is 58.6 Å². The molecule has 10 rings (SSSR count). The van der Waals surface area contributed by atoms with E-state index in [9.17, 15) is 20.4 Å². The Morgan fingerprint density at radius 1 is 0.386 bits per heavy atom. The average Bonchev–Trinajstić information content (AvgIpc) is 4.01. The van der Waals surface area contributed by atoms with Gasteiger partial charge in [0.1, 0.15) is 67.0 Å². The van der Waals surface area contributed by atoms with Gasteiger partial charge in [0.05, 0.1) is 0 Å². The molecular weight excluding hydrogens is 725 g/mol. The monoisotopic (exact) mass is 756 g/mol. The van der Waals surface area contributed by atoms with Crippen molar-refractivity contribution in [3.63, 3.8) is 0 Å². The van der Waals surface area contributed by atoms with E-state index < -0.39 is 5.41 Å². The molecule has 4 N–H and O–H groups in total. The second-order valence-electron chi connectivity index (χ2n) is 14.6. The zero-order valence-electron chi connectivity index (χ0n) is 30.5. The molecule has 0 aliphatic carbocycles. The topological polar surface area (TPSA) is 204 Å².